The molecule has 4 atom stereocenters. The average Bonchev–Trinajstić information content (AvgIpc) is 3.65. The molecular formula is C46H40IN5O5S2. The highest BCUT2D eigenvalue weighted by atomic mass is 127. The number of nitrogens with one attached hydrogen (secondary N) is 3. The van der Waals surface area contributed by atoms with Crippen LogP contribution in [0.4, 0.5) is 0 Å². The molecule has 10 nitrogen and oxygen atoms in total. The lowest BCUT2D eigenvalue weighted by Gasteiger charge is -2.50. The van der Waals surface area contributed by atoms with Crippen molar-refractivity contribution in [1.82, 2.24) is 15.5 Å². The normalized spacial score (nSPS) is 20.0. The molecule has 59 heavy (non-hydrogen) atoms. The van der Waals surface area contributed by atoms with Gasteiger partial charge in [0.25, 0.3) is 11.8 Å². The Labute approximate surface area is 363 Å². The Hall–Kier alpha value is -5.35. The van der Waals surface area contributed by atoms with E-state index >= 15 is 0 Å². The fourth-order valence-electron chi connectivity index (χ4n) is 7.61. The highest BCUT2D eigenvalue weighted by Gasteiger charge is 2.55. The van der Waals surface area contributed by atoms with E-state index in [1.807, 2.05) is 152 Å². The van der Waals surface area contributed by atoms with Gasteiger partial charge in [-0.2, -0.15) is 0 Å². The van der Waals surface area contributed by atoms with Crippen molar-refractivity contribution in [1.29, 1.82) is 4.78 Å². The summed E-state index contributed by atoms with van der Waals surface area (Å²) in [7, 11) is 0.132. The van der Waals surface area contributed by atoms with Crippen LogP contribution in [0.2, 0.25) is 0 Å². The first-order valence-electron chi connectivity index (χ1n) is 18.9. The van der Waals surface area contributed by atoms with E-state index in [9.17, 15) is 14.4 Å². The van der Waals surface area contributed by atoms with Crippen LogP contribution in [-0.4, -0.2) is 62.7 Å². The van der Waals surface area contributed by atoms with Gasteiger partial charge in [-0.25, -0.2) is 9.79 Å². The van der Waals surface area contributed by atoms with Crippen molar-refractivity contribution in [2.75, 3.05) is 17.3 Å². The van der Waals surface area contributed by atoms with Gasteiger partial charge in [0, 0.05) is 22.7 Å². The Morgan fingerprint density at radius 1 is 0.864 bits per heavy atom. The second kappa shape index (κ2) is 17.9. The third kappa shape index (κ3) is 7.91. The van der Waals surface area contributed by atoms with Crippen molar-refractivity contribution < 1.29 is 23.9 Å². The molecule has 13 heteroatoms. The lowest BCUT2D eigenvalue weighted by Crippen LogP contribution is -2.71. The van der Waals surface area contributed by atoms with Gasteiger partial charge in [0.15, 0.2) is 17.4 Å². The monoisotopic (exact) mass is 933 g/mol. The molecule has 3 heterocycles. The summed E-state index contributed by atoms with van der Waals surface area (Å²) in [6.07, 6.45) is -1.85. The van der Waals surface area contributed by atoms with Gasteiger partial charge < -0.3 is 20.1 Å². The number of esters is 1. The average molecular weight is 934 g/mol. The maximum absolute atomic E-state index is 14.1. The van der Waals surface area contributed by atoms with E-state index in [1.54, 1.807) is 5.41 Å². The number of halogens is 1. The SMILES string of the molecule is COC(C(=O)NC1C(=O)N2C(C(=O)OC(c3ccccc3)c3ccccc3)=C(CI)CS[C@H]12)C1=CS(=N)C(=NC(c2ccccc2)(c2ccccc2)c2ccccc2)N1. The Balaban J connectivity index is 1.02. The van der Waals surface area contributed by atoms with Crippen LogP contribution in [0.25, 0.3) is 0 Å². The zero-order valence-electron chi connectivity index (χ0n) is 31.9. The number of nitrogens with zero attached hydrogens (tertiary/aromatic N) is 2. The van der Waals surface area contributed by atoms with Crippen molar-refractivity contribution in [3.63, 3.8) is 0 Å². The maximum Gasteiger partial charge on any atom is 0.356 e. The van der Waals surface area contributed by atoms with Crippen LogP contribution in [0.3, 0.4) is 0 Å². The zero-order chi connectivity index (χ0) is 40.9. The summed E-state index contributed by atoms with van der Waals surface area (Å²) in [4.78, 5) is 48.9. The van der Waals surface area contributed by atoms with Crippen LogP contribution in [0.15, 0.2) is 179 Å². The van der Waals surface area contributed by atoms with E-state index in [2.05, 4.69) is 33.2 Å². The highest BCUT2D eigenvalue weighted by molar-refractivity contribution is 14.1. The number of β-lactam (4-membered cyclic amide) rings is 1. The number of amidine groups is 1. The number of alkyl halides is 1. The summed E-state index contributed by atoms with van der Waals surface area (Å²) in [5, 5.41) is 7.66. The second-order valence-corrected chi connectivity index (χ2v) is 17.1. The van der Waals surface area contributed by atoms with Crippen molar-refractivity contribution in [2.45, 2.75) is 29.2 Å². The standard InChI is InChI=1S/C46H40IN5O5S2/c1-56-40(36-29-59(48)45(49-36)51-46(33-21-11-4-12-22-33,34-23-13-5-14-24-34)35-25-15-6-16-26-35)41(53)50-37-42(54)52-38(32(27-47)28-58-43(37)52)44(55)57-39(30-17-7-2-8-18-30)31-19-9-3-10-20-31/h2-26,29,37,39-40,43,48H,27-28H2,1H3,(H,49,51)(H,50,53)/t37?,40?,43-,59?/m1/s1. The molecule has 3 aliphatic heterocycles. The molecule has 8 rings (SSSR count). The molecule has 5 aromatic carbocycles. The zero-order valence-corrected chi connectivity index (χ0v) is 35.7. The molecule has 0 radical (unpaired) electrons. The Morgan fingerprint density at radius 3 is 1.83 bits per heavy atom. The van der Waals surface area contributed by atoms with Gasteiger partial charge in [-0.1, -0.05) is 174 Å². The number of aliphatic imine (C=N–C) groups is 1. The molecule has 0 aromatic heterocycles. The van der Waals surface area contributed by atoms with Crippen LogP contribution in [-0.2, 0) is 40.1 Å². The minimum atomic E-state index is -1.28. The second-order valence-electron chi connectivity index (χ2n) is 14.0. The predicted molar refractivity (Wildman–Crippen MR) is 240 cm³/mol. The maximum atomic E-state index is 14.1. The van der Waals surface area contributed by atoms with E-state index in [0.29, 0.717) is 21.0 Å². The summed E-state index contributed by atoms with van der Waals surface area (Å²) < 4.78 is 21.6. The summed E-state index contributed by atoms with van der Waals surface area (Å²) in [5.74, 6) is -1.07. The molecule has 3 unspecified atom stereocenters. The Kier molecular flexibility index (Phi) is 12.2. The Bertz CT molecular complexity index is 2320. The summed E-state index contributed by atoms with van der Waals surface area (Å²) in [6, 6.07) is 47.9. The van der Waals surface area contributed by atoms with Crippen LogP contribution < -0.4 is 10.6 Å². The number of methoxy groups -OCH3 is 1. The first kappa shape index (κ1) is 40.4. The van der Waals surface area contributed by atoms with Crippen molar-refractivity contribution in [2.24, 2.45) is 4.99 Å². The topological polar surface area (TPSA) is 133 Å². The van der Waals surface area contributed by atoms with Crippen LogP contribution in [0, 0.1) is 4.78 Å². The number of ether oxygens (including phenoxy) is 2. The molecule has 0 aliphatic carbocycles. The lowest BCUT2D eigenvalue weighted by molar-refractivity contribution is -0.155. The first-order chi connectivity index (χ1) is 28.8. The Morgan fingerprint density at radius 2 is 1.36 bits per heavy atom. The first-order valence-corrected chi connectivity index (χ1v) is 22.8. The number of carbonyl (C=O) groups excluding carboxylic acids is 3. The van der Waals surface area contributed by atoms with Gasteiger partial charge in [-0.3, -0.25) is 19.3 Å². The number of hydrogen-bond acceptors (Lipinski definition) is 8. The van der Waals surface area contributed by atoms with Crippen molar-refractivity contribution >= 4 is 68.0 Å². The van der Waals surface area contributed by atoms with E-state index in [1.165, 1.54) is 23.8 Å². The van der Waals surface area contributed by atoms with Crippen LogP contribution in [0.5, 0.6) is 0 Å². The number of rotatable bonds is 13. The number of carbonyl (C=O) groups is 3. The summed E-state index contributed by atoms with van der Waals surface area (Å²) in [5.41, 5.74) is 4.70. The smallest absolute Gasteiger partial charge is 0.356 e. The van der Waals surface area contributed by atoms with Gasteiger partial charge >= 0.3 is 5.97 Å². The minimum Gasteiger partial charge on any atom is -0.448 e. The quantitative estimate of drug-likeness (QED) is 0.0365. The van der Waals surface area contributed by atoms with Gasteiger partial charge in [-0.15, -0.1) is 11.8 Å². The van der Waals surface area contributed by atoms with E-state index < -0.39 is 57.6 Å². The fourth-order valence-corrected chi connectivity index (χ4v) is 11.0. The fraction of sp³-hybridized carbons (Fsp3) is 0.174. The molecule has 5 aromatic rings. The van der Waals surface area contributed by atoms with Crippen LogP contribution in [0.1, 0.15) is 33.9 Å². The molecule has 3 N–H and O–H groups in total. The number of fused-ring (bicyclic) bond motifs is 1. The van der Waals surface area contributed by atoms with Crippen molar-refractivity contribution in [3.8, 4) is 0 Å². The molecule has 1 fully saturated rings. The van der Waals surface area contributed by atoms with Gasteiger partial charge in [-0.05, 0) is 44.1 Å². The third-order valence-electron chi connectivity index (χ3n) is 10.4. The molecule has 298 valence electrons. The van der Waals surface area contributed by atoms with Gasteiger partial charge in [0.2, 0.25) is 0 Å². The van der Waals surface area contributed by atoms with E-state index in [-0.39, 0.29) is 5.70 Å². The predicted octanol–water partition coefficient (Wildman–Crippen LogP) is 7.60. The molecule has 0 spiro atoms. The number of benzene rings is 5. The molecule has 0 bridgehead atoms. The highest BCUT2D eigenvalue weighted by Crippen LogP contribution is 2.43. The molecule has 3 aliphatic rings. The van der Waals surface area contributed by atoms with Gasteiger partial charge in [0.1, 0.15) is 22.7 Å². The van der Waals surface area contributed by atoms with Gasteiger partial charge in [0.05, 0.1) is 5.70 Å². The van der Waals surface area contributed by atoms with Crippen molar-refractivity contribution in [3.05, 3.63) is 202 Å². The van der Waals surface area contributed by atoms with E-state index in [4.69, 9.17) is 19.2 Å². The molecule has 0 saturated carbocycles. The minimum absolute atomic E-state index is 0.219. The number of amides is 2. The van der Waals surface area contributed by atoms with E-state index in [0.717, 1.165) is 33.4 Å². The third-order valence-corrected chi connectivity index (χ3v) is 13.8. The lowest BCUT2D eigenvalue weighted by atomic mass is 9.77. The molecule has 2 amide bonds. The molecular weight excluding hydrogens is 894 g/mol. The summed E-state index contributed by atoms with van der Waals surface area (Å²) in [6.45, 7) is 0. The number of hydrogen-bond donors (Lipinski definition) is 3. The number of thioether (sulfide) groups is 1. The summed E-state index contributed by atoms with van der Waals surface area (Å²) >= 11 is 3.69. The van der Waals surface area contributed by atoms with Crippen LogP contribution >= 0.6 is 34.4 Å². The molecule has 1 saturated heterocycles. The largest absolute Gasteiger partial charge is 0.448 e.